The number of furan rings is 1. The van der Waals surface area contributed by atoms with E-state index in [4.69, 9.17) is 9.15 Å². The smallest absolute Gasteiger partial charge is 0.289 e. The number of benzene rings is 1. The van der Waals surface area contributed by atoms with Crippen molar-refractivity contribution in [3.05, 3.63) is 53.0 Å². The number of ether oxygens (including phenoxy) is 1. The molecule has 31 heavy (non-hydrogen) atoms. The van der Waals surface area contributed by atoms with Crippen molar-refractivity contribution in [3.63, 3.8) is 0 Å². The lowest BCUT2D eigenvalue weighted by Crippen LogP contribution is -2.47. The number of hydrogen-bond donors (Lipinski definition) is 1. The molecule has 1 aliphatic carbocycles. The maximum atomic E-state index is 13.0. The van der Waals surface area contributed by atoms with Crippen molar-refractivity contribution >= 4 is 17.5 Å². The number of hydrogen-bond acceptors (Lipinski definition) is 6. The van der Waals surface area contributed by atoms with Crippen LogP contribution in [0.5, 0.6) is 5.75 Å². The van der Waals surface area contributed by atoms with E-state index in [0.29, 0.717) is 24.6 Å². The van der Waals surface area contributed by atoms with E-state index in [2.05, 4.69) is 22.5 Å². The molecule has 1 saturated heterocycles. The van der Waals surface area contributed by atoms with E-state index in [1.54, 1.807) is 12.1 Å². The summed E-state index contributed by atoms with van der Waals surface area (Å²) in [5.74, 6) is 1.39. The van der Waals surface area contributed by atoms with Gasteiger partial charge in [0.15, 0.2) is 12.4 Å². The van der Waals surface area contributed by atoms with Gasteiger partial charge in [-0.2, -0.15) is 5.10 Å². The zero-order valence-corrected chi connectivity index (χ0v) is 18.0. The van der Waals surface area contributed by atoms with Gasteiger partial charge in [-0.1, -0.05) is 18.2 Å². The molecular formula is C23H28N4O4. The molecule has 1 aromatic carbocycles. The van der Waals surface area contributed by atoms with Crippen molar-refractivity contribution < 1.29 is 18.7 Å². The Morgan fingerprint density at radius 1 is 1.13 bits per heavy atom. The maximum absolute atomic E-state index is 13.0. The fourth-order valence-electron chi connectivity index (χ4n) is 3.96. The standard InChI is InChI=1S/C23H28N4O4/c1-16-21-18(24-25-20(28)15-30-17-7-4-3-5-8-17)9-6-10-19(21)31-22(16)23(29)27-13-11-26(2)12-14-27/h3-5,7-8H,6,9-15H2,1-2H3,(H,25,28)/b24-18+. The molecule has 2 aromatic rings. The van der Waals surface area contributed by atoms with Gasteiger partial charge in [0.1, 0.15) is 11.5 Å². The molecule has 0 bridgehead atoms. The molecule has 0 unspecified atom stereocenters. The molecule has 2 aliphatic rings. The minimum atomic E-state index is -0.335. The fraction of sp³-hybridized carbons (Fsp3) is 0.435. The molecule has 8 heteroatoms. The third kappa shape index (κ3) is 4.80. The second-order valence-electron chi connectivity index (χ2n) is 8.00. The lowest BCUT2D eigenvalue weighted by molar-refractivity contribution is -0.123. The van der Waals surface area contributed by atoms with Crippen molar-refractivity contribution in [1.82, 2.24) is 15.2 Å². The lowest BCUT2D eigenvalue weighted by atomic mass is 9.93. The Bertz CT molecular complexity index is 975. The molecule has 4 rings (SSSR count). The Kier molecular flexibility index (Phi) is 6.36. The quantitative estimate of drug-likeness (QED) is 0.744. The van der Waals surface area contributed by atoms with Gasteiger partial charge in [0.2, 0.25) is 0 Å². The third-order valence-electron chi connectivity index (χ3n) is 5.74. The number of amides is 2. The minimum Gasteiger partial charge on any atom is -0.484 e. The molecule has 164 valence electrons. The van der Waals surface area contributed by atoms with Crippen molar-refractivity contribution in [2.24, 2.45) is 5.10 Å². The molecule has 0 radical (unpaired) electrons. The summed E-state index contributed by atoms with van der Waals surface area (Å²) in [5, 5.41) is 4.34. The second-order valence-corrected chi connectivity index (χ2v) is 8.00. The van der Waals surface area contributed by atoms with Crippen molar-refractivity contribution in [3.8, 4) is 5.75 Å². The molecule has 0 atom stereocenters. The summed E-state index contributed by atoms with van der Waals surface area (Å²) < 4.78 is 11.5. The van der Waals surface area contributed by atoms with Crippen LogP contribution in [0.2, 0.25) is 0 Å². The Labute approximate surface area is 181 Å². The third-order valence-corrected chi connectivity index (χ3v) is 5.74. The van der Waals surface area contributed by atoms with Crippen LogP contribution in [0.1, 0.15) is 40.3 Å². The van der Waals surface area contributed by atoms with E-state index in [0.717, 1.165) is 55.0 Å². The van der Waals surface area contributed by atoms with Crippen molar-refractivity contribution in [1.29, 1.82) is 0 Å². The highest BCUT2D eigenvalue weighted by Crippen LogP contribution is 2.30. The Balaban J connectivity index is 1.45. The first-order valence-corrected chi connectivity index (χ1v) is 10.7. The number of piperazine rings is 1. The first-order chi connectivity index (χ1) is 15.0. The largest absolute Gasteiger partial charge is 0.484 e. The predicted molar refractivity (Wildman–Crippen MR) is 116 cm³/mol. The van der Waals surface area contributed by atoms with E-state index >= 15 is 0 Å². The Morgan fingerprint density at radius 3 is 2.61 bits per heavy atom. The average Bonchev–Trinajstić information content (AvgIpc) is 3.14. The molecule has 0 saturated carbocycles. The zero-order chi connectivity index (χ0) is 21.8. The van der Waals surface area contributed by atoms with Crippen LogP contribution in [0.25, 0.3) is 0 Å². The van der Waals surface area contributed by atoms with Gasteiger partial charge in [-0.15, -0.1) is 0 Å². The summed E-state index contributed by atoms with van der Waals surface area (Å²) >= 11 is 0. The number of likely N-dealkylation sites (N-methyl/N-ethyl adjacent to an activating group) is 1. The van der Waals surface area contributed by atoms with Crippen LogP contribution in [-0.2, 0) is 11.2 Å². The van der Waals surface area contributed by atoms with Crippen LogP contribution < -0.4 is 10.2 Å². The monoisotopic (exact) mass is 424 g/mol. The summed E-state index contributed by atoms with van der Waals surface area (Å²) in [4.78, 5) is 29.2. The van der Waals surface area contributed by atoms with Gasteiger partial charge in [0.25, 0.3) is 11.8 Å². The van der Waals surface area contributed by atoms with Crippen LogP contribution in [0.15, 0.2) is 39.9 Å². The van der Waals surface area contributed by atoms with Crippen LogP contribution in [-0.4, -0.2) is 67.2 Å². The maximum Gasteiger partial charge on any atom is 0.289 e. The van der Waals surface area contributed by atoms with Gasteiger partial charge in [-0.25, -0.2) is 5.43 Å². The number of nitrogens with one attached hydrogen (secondary N) is 1. The van der Waals surface area contributed by atoms with Crippen LogP contribution in [0.4, 0.5) is 0 Å². The number of hydrazone groups is 1. The molecular weight excluding hydrogens is 396 g/mol. The van der Waals surface area contributed by atoms with Gasteiger partial charge >= 0.3 is 0 Å². The number of carbonyl (C=O) groups excluding carboxylic acids is 2. The van der Waals surface area contributed by atoms with Gasteiger partial charge in [-0.3, -0.25) is 9.59 Å². The molecule has 1 aromatic heterocycles. The van der Waals surface area contributed by atoms with Crippen LogP contribution in [0, 0.1) is 6.92 Å². The highest BCUT2D eigenvalue weighted by atomic mass is 16.5. The fourth-order valence-corrected chi connectivity index (χ4v) is 3.96. The first-order valence-electron chi connectivity index (χ1n) is 10.7. The van der Waals surface area contributed by atoms with E-state index in [-0.39, 0.29) is 18.4 Å². The highest BCUT2D eigenvalue weighted by molar-refractivity contribution is 6.06. The summed E-state index contributed by atoms with van der Waals surface area (Å²) in [6.07, 6.45) is 2.34. The van der Waals surface area contributed by atoms with E-state index in [9.17, 15) is 9.59 Å². The topological polar surface area (TPSA) is 87.4 Å². The van der Waals surface area contributed by atoms with Gasteiger partial charge in [-0.05, 0) is 38.9 Å². The number of para-hydroxylation sites is 1. The minimum absolute atomic E-state index is 0.0698. The molecule has 1 fully saturated rings. The van der Waals surface area contributed by atoms with Crippen molar-refractivity contribution in [2.45, 2.75) is 26.2 Å². The molecule has 2 heterocycles. The van der Waals surface area contributed by atoms with Crippen LogP contribution in [0.3, 0.4) is 0 Å². The summed E-state index contributed by atoms with van der Waals surface area (Å²) in [5.41, 5.74) is 4.98. The number of aryl methyl sites for hydroxylation is 1. The van der Waals surface area contributed by atoms with Gasteiger partial charge in [0.05, 0.1) is 5.71 Å². The highest BCUT2D eigenvalue weighted by Gasteiger charge is 2.31. The molecule has 0 spiro atoms. The Morgan fingerprint density at radius 2 is 1.87 bits per heavy atom. The SMILES string of the molecule is Cc1c(C(=O)N2CCN(C)CC2)oc2c1/C(=N/NC(=O)COc1ccccc1)CCC2. The van der Waals surface area contributed by atoms with Crippen LogP contribution >= 0.6 is 0 Å². The van der Waals surface area contributed by atoms with E-state index in [1.165, 1.54) is 0 Å². The number of nitrogens with zero attached hydrogens (tertiary/aromatic N) is 3. The average molecular weight is 425 g/mol. The molecule has 1 N–H and O–H groups in total. The van der Waals surface area contributed by atoms with Crippen molar-refractivity contribution in [2.75, 3.05) is 39.8 Å². The normalized spacial score (nSPS) is 18.0. The number of carbonyl (C=O) groups is 2. The summed E-state index contributed by atoms with van der Waals surface area (Å²) in [6.45, 7) is 4.87. The lowest BCUT2D eigenvalue weighted by Gasteiger charge is -2.31. The van der Waals surface area contributed by atoms with Gasteiger partial charge in [0, 0.05) is 43.7 Å². The van der Waals surface area contributed by atoms with Gasteiger partial charge < -0.3 is 19.0 Å². The summed E-state index contributed by atoms with van der Waals surface area (Å²) in [7, 11) is 2.06. The second kappa shape index (κ2) is 9.34. The first kappa shape index (κ1) is 21.1. The predicted octanol–water partition coefficient (Wildman–Crippen LogP) is 2.21. The number of fused-ring (bicyclic) bond motifs is 1. The zero-order valence-electron chi connectivity index (χ0n) is 18.0. The number of rotatable bonds is 5. The summed E-state index contributed by atoms with van der Waals surface area (Å²) in [6, 6.07) is 9.16. The van der Waals surface area contributed by atoms with E-state index < -0.39 is 0 Å². The molecule has 1 aliphatic heterocycles. The molecule has 2 amide bonds. The molecule has 8 nitrogen and oxygen atoms in total. The Hall–Kier alpha value is -3.13. The van der Waals surface area contributed by atoms with E-state index in [1.807, 2.05) is 30.0 Å².